The van der Waals surface area contributed by atoms with Gasteiger partial charge in [0, 0.05) is 18.7 Å². The first kappa shape index (κ1) is 15.1. The van der Waals surface area contributed by atoms with E-state index in [1.165, 1.54) is 7.11 Å². The first-order chi connectivity index (χ1) is 7.65. The molecule has 0 fully saturated rings. The molecule has 4 nitrogen and oxygen atoms in total. The van der Waals surface area contributed by atoms with Crippen LogP contribution in [0.3, 0.4) is 0 Å². The first-order valence-corrected chi connectivity index (χ1v) is 5.74. The van der Waals surface area contributed by atoms with Crippen molar-refractivity contribution in [3.05, 3.63) is 11.6 Å². The van der Waals surface area contributed by atoms with Crippen molar-refractivity contribution in [1.82, 2.24) is 4.90 Å². The summed E-state index contributed by atoms with van der Waals surface area (Å²) in [5.74, 6) is -0.292. The van der Waals surface area contributed by atoms with E-state index in [2.05, 4.69) is 16.6 Å². The minimum atomic E-state index is -0.292. The molecule has 0 aliphatic rings. The Morgan fingerprint density at radius 1 is 1.44 bits per heavy atom. The standard InChI is InChI=1S/C12H23NO3/c1-4-5-7-13(9-10-14)8-6-11(2)12(15)16-3/h6,14H,4-5,7-10H2,1-3H3. The molecule has 0 spiro atoms. The Balaban J connectivity index is 4.12. The van der Waals surface area contributed by atoms with Gasteiger partial charge in [-0.1, -0.05) is 19.4 Å². The molecule has 0 aromatic carbocycles. The Morgan fingerprint density at radius 3 is 2.62 bits per heavy atom. The van der Waals surface area contributed by atoms with Crippen LogP contribution in [0.25, 0.3) is 0 Å². The van der Waals surface area contributed by atoms with E-state index >= 15 is 0 Å². The van der Waals surface area contributed by atoms with E-state index in [1.54, 1.807) is 6.92 Å². The van der Waals surface area contributed by atoms with Crippen LogP contribution in [0.2, 0.25) is 0 Å². The summed E-state index contributed by atoms with van der Waals surface area (Å²) in [6.45, 7) is 6.29. The zero-order valence-electron chi connectivity index (χ0n) is 10.5. The average molecular weight is 229 g/mol. The zero-order chi connectivity index (χ0) is 12.4. The van der Waals surface area contributed by atoms with Crippen LogP contribution in [0, 0.1) is 0 Å². The second kappa shape index (κ2) is 9.36. The van der Waals surface area contributed by atoms with Gasteiger partial charge in [-0.3, -0.25) is 4.90 Å². The van der Waals surface area contributed by atoms with E-state index in [0.29, 0.717) is 18.7 Å². The van der Waals surface area contributed by atoms with Gasteiger partial charge in [-0.15, -0.1) is 0 Å². The second-order valence-corrected chi connectivity index (χ2v) is 3.76. The lowest BCUT2D eigenvalue weighted by Gasteiger charge is -2.19. The normalized spacial score (nSPS) is 11.9. The Bertz CT molecular complexity index is 226. The van der Waals surface area contributed by atoms with Crippen molar-refractivity contribution in [2.45, 2.75) is 26.7 Å². The fraction of sp³-hybridized carbons (Fsp3) is 0.750. The molecule has 0 heterocycles. The summed E-state index contributed by atoms with van der Waals surface area (Å²) in [4.78, 5) is 13.3. The highest BCUT2D eigenvalue weighted by atomic mass is 16.5. The molecule has 94 valence electrons. The lowest BCUT2D eigenvalue weighted by Crippen LogP contribution is -2.28. The molecule has 0 atom stereocenters. The highest BCUT2D eigenvalue weighted by Crippen LogP contribution is 1.99. The molecule has 0 saturated heterocycles. The van der Waals surface area contributed by atoms with E-state index < -0.39 is 0 Å². The van der Waals surface area contributed by atoms with Crippen molar-refractivity contribution in [3.8, 4) is 0 Å². The predicted octanol–water partition coefficient (Wildman–Crippen LogP) is 1.20. The summed E-state index contributed by atoms with van der Waals surface area (Å²) in [5, 5.41) is 8.90. The van der Waals surface area contributed by atoms with Crippen molar-refractivity contribution < 1.29 is 14.6 Å². The van der Waals surface area contributed by atoms with Gasteiger partial charge >= 0.3 is 5.97 Å². The molecule has 0 aromatic rings. The molecular formula is C12H23NO3. The fourth-order valence-corrected chi connectivity index (χ4v) is 1.33. The number of carbonyl (C=O) groups excluding carboxylic acids is 1. The Hall–Kier alpha value is -0.870. The summed E-state index contributed by atoms with van der Waals surface area (Å²) in [6, 6.07) is 0. The average Bonchev–Trinajstić information content (AvgIpc) is 2.31. The maximum Gasteiger partial charge on any atom is 0.333 e. The lowest BCUT2D eigenvalue weighted by molar-refractivity contribution is -0.136. The van der Waals surface area contributed by atoms with Gasteiger partial charge in [0.1, 0.15) is 0 Å². The predicted molar refractivity (Wildman–Crippen MR) is 64.2 cm³/mol. The summed E-state index contributed by atoms with van der Waals surface area (Å²) < 4.78 is 4.61. The number of nitrogens with zero attached hydrogens (tertiary/aromatic N) is 1. The minimum Gasteiger partial charge on any atom is -0.466 e. The first-order valence-electron chi connectivity index (χ1n) is 5.74. The van der Waals surface area contributed by atoms with E-state index in [-0.39, 0.29) is 12.6 Å². The van der Waals surface area contributed by atoms with Crippen LogP contribution in [0.4, 0.5) is 0 Å². The van der Waals surface area contributed by atoms with Crippen LogP contribution in [-0.2, 0) is 9.53 Å². The SMILES string of the molecule is CCCCN(CC=C(C)C(=O)OC)CCO. The summed E-state index contributed by atoms with van der Waals surface area (Å²) in [5.41, 5.74) is 0.613. The molecule has 0 aromatic heterocycles. The molecule has 4 heteroatoms. The lowest BCUT2D eigenvalue weighted by atomic mass is 10.2. The van der Waals surface area contributed by atoms with Gasteiger partial charge in [-0.25, -0.2) is 4.79 Å². The van der Waals surface area contributed by atoms with Crippen LogP contribution >= 0.6 is 0 Å². The highest BCUT2D eigenvalue weighted by Gasteiger charge is 2.05. The number of esters is 1. The molecule has 0 saturated carbocycles. The van der Waals surface area contributed by atoms with Crippen LogP contribution in [0.15, 0.2) is 11.6 Å². The molecule has 0 amide bonds. The monoisotopic (exact) mass is 229 g/mol. The van der Waals surface area contributed by atoms with Gasteiger partial charge in [0.2, 0.25) is 0 Å². The number of rotatable bonds is 8. The van der Waals surface area contributed by atoms with E-state index in [9.17, 15) is 4.79 Å². The molecule has 0 aliphatic heterocycles. The maximum atomic E-state index is 11.1. The number of aliphatic hydroxyl groups excluding tert-OH is 1. The molecule has 16 heavy (non-hydrogen) atoms. The minimum absolute atomic E-state index is 0.148. The number of hydrogen-bond donors (Lipinski definition) is 1. The number of hydrogen-bond acceptors (Lipinski definition) is 4. The molecule has 0 radical (unpaired) electrons. The van der Waals surface area contributed by atoms with E-state index in [0.717, 1.165) is 19.4 Å². The van der Waals surface area contributed by atoms with Gasteiger partial charge in [0.15, 0.2) is 0 Å². The summed E-state index contributed by atoms with van der Waals surface area (Å²) in [7, 11) is 1.38. The van der Waals surface area contributed by atoms with E-state index in [4.69, 9.17) is 5.11 Å². The van der Waals surface area contributed by atoms with Gasteiger partial charge in [-0.05, 0) is 19.9 Å². The quantitative estimate of drug-likeness (QED) is 0.502. The topological polar surface area (TPSA) is 49.8 Å². The number of aliphatic hydroxyl groups is 1. The fourth-order valence-electron chi connectivity index (χ4n) is 1.33. The maximum absolute atomic E-state index is 11.1. The van der Waals surface area contributed by atoms with Crippen LogP contribution in [0.5, 0.6) is 0 Å². The molecule has 1 N–H and O–H groups in total. The number of ether oxygens (including phenoxy) is 1. The third-order valence-electron chi connectivity index (χ3n) is 2.41. The van der Waals surface area contributed by atoms with Crippen molar-refractivity contribution in [2.75, 3.05) is 33.4 Å². The third-order valence-corrected chi connectivity index (χ3v) is 2.41. The van der Waals surface area contributed by atoms with Gasteiger partial charge < -0.3 is 9.84 Å². The van der Waals surface area contributed by atoms with Crippen molar-refractivity contribution in [3.63, 3.8) is 0 Å². The Labute approximate surface area is 97.9 Å². The van der Waals surface area contributed by atoms with Crippen molar-refractivity contribution >= 4 is 5.97 Å². The van der Waals surface area contributed by atoms with Gasteiger partial charge in [0.25, 0.3) is 0 Å². The smallest absolute Gasteiger partial charge is 0.333 e. The van der Waals surface area contributed by atoms with Gasteiger partial charge in [-0.2, -0.15) is 0 Å². The van der Waals surface area contributed by atoms with E-state index in [1.807, 2.05) is 6.08 Å². The van der Waals surface area contributed by atoms with Gasteiger partial charge in [0.05, 0.1) is 13.7 Å². The summed E-state index contributed by atoms with van der Waals surface area (Å²) in [6.07, 6.45) is 4.07. The molecular weight excluding hydrogens is 206 g/mol. The third kappa shape index (κ3) is 6.58. The number of carbonyl (C=O) groups is 1. The molecule has 0 bridgehead atoms. The molecule has 0 aliphatic carbocycles. The van der Waals surface area contributed by atoms with Crippen molar-refractivity contribution in [2.24, 2.45) is 0 Å². The molecule has 0 unspecified atom stereocenters. The Kier molecular flexibility index (Phi) is 8.85. The van der Waals surface area contributed by atoms with Crippen LogP contribution < -0.4 is 0 Å². The van der Waals surface area contributed by atoms with Crippen LogP contribution in [0.1, 0.15) is 26.7 Å². The highest BCUT2D eigenvalue weighted by molar-refractivity contribution is 5.87. The summed E-state index contributed by atoms with van der Waals surface area (Å²) >= 11 is 0. The zero-order valence-corrected chi connectivity index (χ0v) is 10.5. The second-order valence-electron chi connectivity index (χ2n) is 3.76. The van der Waals surface area contributed by atoms with Crippen molar-refractivity contribution in [1.29, 1.82) is 0 Å². The number of unbranched alkanes of at least 4 members (excludes halogenated alkanes) is 1. The van der Waals surface area contributed by atoms with Crippen LogP contribution in [-0.4, -0.2) is 49.3 Å². The Morgan fingerprint density at radius 2 is 2.12 bits per heavy atom. The largest absolute Gasteiger partial charge is 0.466 e. The number of methoxy groups -OCH3 is 1. The molecule has 0 rings (SSSR count).